The Labute approximate surface area is 104 Å². The molecule has 1 aromatic rings. The monoisotopic (exact) mass is 261 g/mol. The van der Waals surface area contributed by atoms with Crippen LogP contribution in [0.3, 0.4) is 0 Å². The summed E-state index contributed by atoms with van der Waals surface area (Å²) in [4.78, 5) is -1.12. The fraction of sp³-hybridized carbons (Fsp3) is 0.417. The molecule has 1 rings (SSSR count). The van der Waals surface area contributed by atoms with Crippen molar-refractivity contribution in [1.82, 2.24) is 0 Å². The van der Waals surface area contributed by atoms with Crippen molar-refractivity contribution in [2.24, 2.45) is 0 Å². The molecule has 0 aliphatic carbocycles. The summed E-state index contributed by atoms with van der Waals surface area (Å²) in [5.41, 5.74) is 0.957. The summed E-state index contributed by atoms with van der Waals surface area (Å²) in [6.45, 7) is 5.80. The van der Waals surface area contributed by atoms with Crippen molar-refractivity contribution in [1.29, 1.82) is 0 Å². The minimum Gasteiger partial charge on any atom is -0.342 e. The maximum atomic E-state index is 12.4. The third-order valence-corrected chi connectivity index (χ3v) is 2.57. The molecule has 0 aliphatic heterocycles. The fourth-order valence-electron chi connectivity index (χ4n) is 1.44. The molecule has 17 heavy (non-hydrogen) atoms. The quantitative estimate of drug-likeness (QED) is 0.757. The van der Waals surface area contributed by atoms with Crippen molar-refractivity contribution in [3.63, 3.8) is 0 Å². The number of benzene rings is 1. The van der Waals surface area contributed by atoms with Gasteiger partial charge in [-0.05, 0) is 17.0 Å². The maximum absolute atomic E-state index is 12.4. The average molecular weight is 261 g/mol. The zero-order valence-corrected chi connectivity index (χ0v) is 10.7. The molecule has 1 N–H and O–H groups in total. The van der Waals surface area contributed by atoms with Gasteiger partial charge in [0.05, 0.1) is 0 Å². The summed E-state index contributed by atoms with van der Waals surface area (Å²) in [5, 5.41) is 2.26. The molecule has 0 bridgehead atoms. The second kappa shape index (κ2) is 4.64. The molecule has 0 spiro atoms. The highest BCUT2D eigenvalue weighted by molar-refractivity contribution is 7.80. The number of halogens is 3. The number of hydrogen-bond donors (Lipinski definition) is 1. The van der Waals surface area contributed by atoms with Crippen LogP contribution >= 0.6 is 12.2 Å². The SMILES string of the molecule is CC(C)(C)c1ccccc1NC(=S)C(F)(F)F. The van der Waals surface area contributed by atoms with Crippen LogP contribution in [0.5, 0.6) is 0 Å². The number of alkyl halides is 3. The fourth-order valence-corrected chi connectivity index (χ4v) is 1.55. The van der Waals surface area contributed by atoms with Crippen molar-refractivity contribution in [3.05, 3.63) is 29.8 Å². The second-order valence-electron chi connectivity index (χ2n) is 4.75. The molecule has 0 heterocycles. The Morgan fingerprint density at radius 1 is 1.12 bits per heavy atom. The minimum atomic E-state index is -4.50. The van der Waals surface area contributed by atoms with Crippen LogP contribution in [-0.2, 0) is 5.41 Å². The van der Waals surface area contributed by atoms with Gasteiger partial charge in [-0.15, -0.1) is 0 Å². The topological polar surface area (TPSA) is 12.0 Å². The van der Waals surface area contributed by atoms with Gasteiger partial charge in [0.25, 0.3) is 0 Å². The number of hydrogen-bond acceptors (Lipinski definition) is 1. The summed E-state index contributed by atoms with van der Waals surface area (Å²) in [5.74, 6) is 0. The van der Waals surface area contributed by atoms with Gasteiger partial charge in [-0.25, -0.2) is 0 Å². The van der Waals surface area contributed by atoms with E-state index in [2.05, 4.69) is 17.5 Å². The zero-order valence-electron chi connectivity index (χ0n) is 9.85. The van der Waals surface area contributed by atoms with E-state index in [4.69, 9.17) is 0 Å². The predicted octanol–water partition coefficient (Wildman–Crippen LogP) is 4.29. The smallest absolute Gasteiger partial charge is 0.342 e. The van der Waals surface area contributed by atoms with Gasteiger partial charge in [0, 0.05) is 5.69 Å². The normalized spacial score (nSPS) is 12.4. The number of thiocarbonyl (C=S) groups is 1. The Kier molecular flexibility index (Phi) is 3.81. The van der Waals surface area contributed by atoms with Gasteiger partial charge in [0.2, 0.25) is 0 Å². The number of rotatable bonds is 1. The van der Waals surface area contributed by atoms with E-state index in [-0.39, 0.29) is 5.41 Å². The highest BCUT2D eigenvalue weighted by Gasteiger charge is 2.35. The largest absolute Gasteiger partial charge is 0.441 e. The molecule has 0 aliphatic rings. The van der Waals surface area contributed by atoms with Crippen LogP contribution in [0.25, 0.3) is 0 Å². The molecule has 94 valence electrons. The zero-order chi connectivity index (χ0) is 13.3. The van der Waals surface area contributed by atoms with Crippen LogP contribution in [-0.4, -0.2) is 11.2 Å². The predicted molar refractivity (Wildman–Crippen MR) is 67.4 cm³/mol. The molecular weight excluding hydrogens is 247 g/mol. The first-order chi connectivity index (χ1) is 7.62. The third-order valence-electron chi connectivity index (χ3n) is 2.24. The average Bonchev–Trinajstić information content (AvgIpc) is 2.15. The van der Waals surface area contributed by atoms with Crippen molar-refractivity contribution < 1.29 is 13.2 Å². The maximum Gasteiger partial charge on any atom is 0.441 e. The van der Waals surface area contributed by atoms with Crippen molar-refractivity contribution in [3.8, 4) is 0 Å². The van der Waals surface area contributed by atoms with Gasteiger partial charge in [-0.1, -0.05) is 51.2 Å². The summed E-state index contributed by atoms with van der Waals surface area (Å²) < 4.78 is 37.1. The van der Waals surface area contributed by atoms with Crippen molar-refractivity contribution in [2.45, 2.75) is 32.4 Å². The first-order valence-electron chi connectivity index (χ1n) is 5.10. The molecule has 0 saturated carbocycles. The van der Waals surface area contributed by atoms with Crippen LogP contribution in [0.1, 0.15) is 26.3 Å². The van der Waals surface area contributed by atoms with E-state index < -0.39 is 11.2 Å². The van der Waals surface area contributed by atoms with Crippen LogP contribution < -0.4 is 5.32 Å². The van der Waals surface area contributed by atoms with Gasteiger partial charge in [-0.2, -0.15) is 13.2 Å². The second-order valence-corrected chi connectivity index (χ2v) is 5.16. The molecule has 0 atom stereocenters. The van der Waals surface area contributed by atoms with E-state index in [0.29, 0.717) is 5.69 Å². The van der Waals surface area contributed by atoms with E-state index >= 15 is 0 Å². The number of para-hydroxylation sites is 1. The summed E-state index contributed by atoms with van der Waals surface area (Å²) in [6, 6.07) is 6.86. The van der Waals surface area contributed by atoms with Crippen LogP contribution in [0, 0.1) is 0 Å². The minimum absolute atomic E-state index is 0.245. The van der Waals surface area contributed by atoms with E-state index in [1.165, 1.54) is 0 Å². The van der Waals surface area contributed by atoms with Crippen LogP contribution in [0.2, 0.25) is 0 Å². The lowest BCUT2D eigenvalue weighted by Crippen LogP contribution is -2.29. The first kappa shape index (κ1) is 14.0. The lowest BCUT2D eigenvalue weighted by molar-refractivity contribution is -0.0562. The Hall–Kier alpha value is -1.10. The molecule has 0 fully saturated rings. The van der Waals surface area contributed by atoms with Crippen LogP contribution in [0.4, 0.5) is 18.9 Å². The lowest BCUT2D eigenvalue weighted by atomic mass is 9.86. The Balaban J connectivity index is 3.04. The summed E-state index contributed by atoms with van der Waals surface area (Å²) >= 11 is 4.32. The molecule has 0 unspecified atom stereocenters. The van der Waals surface area contributed by atoms with E-state index in [0.717, 1.165) is 5.56 Å². The Morgan fingerprint density at radius 3 is 2.12 bits per heavy atom. The summed E-state index contributed by atoms with van der Waals surface area (Å²) in [7, 11) is 0. The third kappa shape index (κ3) is 3.70. The molecule has 1 nitrogen and oxygen atoms in total. The van der Waals surface area contributed by atoms with Gasteiger partial charge in [-0.3, -0.25) is 0 Å². The van der Waals surface area contributed by atoms with Gasteiger partial charge in [0.1, 0.15) is 0 Å². The molecule has 0 radical (unpaired) electrons. The molecule has 0 aromatic heterocycles. The number of nitrogens with one attached hydrogen (secondary N) is 1. The van der Waals surface area contributed by atoms with Crippen molar-refractivity contribution >= 4 is 22.9 Å². The van der Waals surface area contributed by atoms with Crippen molar-refractivity contribution in [2.75, 3.05) is 5.32 Å². The molecule has 0 amide bonds. The standard InChI is InChI=1S/C12H14F3NS/c1-11(2,3)8-6-4-5-7-9(8)16-10(17)12(13,14)15/h4-7H,1-3H3,(H,16,17). The molecule has 5 heteroatoms. The van der Waals surface area contributed by atoms with E-state index in [1.807, 2.05) is 20.8 Å². The lowest BCUT2D eigenvalue weighted by Gasteiger charge is -2.23. The van der Waals surface area contributed by atoms with E-state index in [9.17, 15) is 13.2 Å². The first-order valence-corrected chi connectivity index (χ1v) is 5.51. The number of anilines is 1. The summed E-state index contributed by atoms with van der Waals surface area (Å²) in [6.07, 6.45) is -4.50. The Morgan fingerprint density at radius 2 is 1.65 bits per heavy atom. The van der Waals surface area contributed by atoms with Crippen LogP contribution in [0.15, 0.2) is 24.3 Å². The van der Waals surface area contributed by atoms with E-state index in [1.54, 1.807) is 24.3 Å². The molecule has 1 aromatic carbocycles. The van der Waals surface area contributed by atoms with Gasteiger partial charge < -0.3 is 5.32 Å². The molecule has 0 saturated heterocycles. The van der Waals surface area contributed by atoms with Gasteiger partial charge >= 0.3 is 6.18 Å². The Bertz CT molecular complexity index is 418. The molecular formula is C12H14F3NS. The highest BCUT2D eigenvalue weighted by atomic mass is 32.1. The van der Waals surface area contributed by atoms with Gasteiger partial charge in [0.15, 0.2) is 4.99 Å². The highest BCUT2D eigenvalue weighted by Crippen LogP contribution is 2.30.